The van der Waals surface area contributed by atoms with E-state index >= 15 is 0 Å². The molecule has 0 heterocycles. The summed E-state index contributed by atoms with van der Waals surface area (Å²) < 4.78 is 5.17. The second-order valence-corrected chi connectivity index (χ2v) is 5.72. The molecule has 17 heavy (non-hydrogen) atoms. The highest BCUT2D eigenvalue weighted by Gasteiger charge is 2.35. The Balaban J connectivity index is 2.47. The van der Waals surface area contributed by atoms with E-state index in [0.717, 1.165) is 6.42 Å². The molecule has 1 amide bonds. The predicted molar refractivity (Wildman–Crippen MR) is 63.5 cm³/mol. The zero-order chi connectivity index (χ0) is 13.1. The maximum Gasteiger partial charge on any atom is 0.407 e. The third-order valence-electron chi connectivity index (χ3n) is 2.99. The van der Waals surface area contributed by atoms with E-state index in [9.17, 15) is 9.90 Å². The summed E-state index contributed by atoms with van der Waals surface area (Å²) in [5.41, 5.74) is -0.520. The van der Waals surface area contributed by atoms with Gasteiger partial charge in [0.2, 0.25) is 0 Å². The van der Waals surface area contributed by atoms with Gasteiger partial charge in [0.25, 0.3) is 0 Å². The topological polar surface area (TPSA) is 78.8 Å². The van der Waals surface area contributed by atoms with Crippen LogP contribution in [0.4, 0.5) is 4.79 Å². The first-order valence-corrected chi connectivity index (χ1v) is 6.07. The van der Waals surface area contributed by atoms with Crippen molar-refractivity contribution in [3.63, 3.8) is 0 Å². The molecule has 1 fully saturated rings. The van der Waals surface area contributed by atoms with Gasteiger partial charge >= 0.3 is 6.09 Å². The largest absolute Gasteiger partial charge is 0.444 e. The number of hydrogen-bond acceptors (Lipinski definition) is 4. The number of nitrogens with one attached hydrogen (secondary N) is 1. The molecule has 3 atom stereocenters. The van der Waals surface area contributed by atoms with Crippen LogP contribution in [0.5, 0.6) is 0 Å². The Morgan fingerprint density at radius 2 is 1.94 bits per heavy atom. The summed E-state index contributed by atoms with van der Waals surface area (Å²) in [5, 5.41) is 21.1. The fourth-order valence-electron chi connectivity index (χ4n) is 2.23. The summed E-state index contributed by atoms with van der Waals surface area (Å²) in [4.78, 5) is 11.6. The lowest BCUT2D eigenvalue weighted by atomic mass is 10.0. The van der Waals surface area contributed by atoms with E-state index in [-0.39, 0.29) is 31.1 Å². The lowest BCUT2D eigenvalue weighted by Crippen LogP contribution is -2.41. The van der Waals surface area contributed by atoms with Crippen LogP contribution in [0.25, 0.3) is 0 Å². The molecule has 0 aromatic rings. The van der Waals surface area contributed by atoms with Crippen molar-refractivity contribution in [2.45, 2.75) is 45.3 Å². The molecule has 0 bridgehead atoms. The minimum atomic E-state index is -0.520. The van der Waals surface area contributed by atoms with Gasteiger partial charge < -0.3 is 20.3 Å². The molecule has 3 N–H and O–H groups in total. The van der Waals surface area contributed by atoms with Gasteiger partial charge in [-0.15, -0.1) is 0 Å². The number of rotatable bonds is 3. The van der Waals surface area contributed by atoms with Crippen LogP contribution in [-0.2, 0) is 4.74 Å². The molecule has 1 aliphatic carbocycles. The van der Waals surface area contributed by atoms with Gasteiger partial charge in [-0.3, -0.25) is 0 Å². The van der Waals surface area contributed by atoms with Crippen molar-refractivity contribution in [1.29, 1.82) is 0 Å². The summed E-state index contributed by atoms with van der Waals surface area (Å²) in [7, 11) is 0. The number of carbonyl (C=O) groups is 1. The smallest absolute Gasteiger partial charge is 0.407 e. The monoisotopic (exact) mass is 245 g/mol. The van der Waals surface area contributed by atoms with Gasteiger partial charge in [0, 0.05) is 25.2 Å². The summed E-state index contributed by atoms with van der Waals surface area (Å²) in [6.07, 6.45) is 0.980. The van der Waals surface area contributed by atoms with E-state index in [2.05, 4.69) is 5.32 Å². The molecule has 5 heteroatoms. The zero-order valence-corrected chi connectivity index (χ0v) is 10.8. The lowest BCUT2D eigenvalue weighted by molar-refractivity contribution is 0.0482. The molecule has 5 nitrogen and oxygen atoms in total. The molecule has 0 spiro atoms. The van der Waals surface area contributed by atoms with Gasteiger partial charge in [0.05, 0.1) is 0 Å². The van der Waals surface area contributed by atoms with Gasteiger partial charge in [-0.05, 0) is 39.5 Å². The maximum absolute atomic E-state index is 11.6. The van der Waals surface area contributed by atoms with Crippen molar-refractivity contribution in [3.8, 4) is 0 Å². The molecule has 0 unspecified atom stereocenters. The third kappa shape index (κ3) is 4.52. The van der Waals surface area contributed by atoms with E-state index in [1.54, 1.807) is 20.8 Å². The first-order valence-electron chi connectivity index (χ1n) is 6.07. The fourth-order valence-corrected chi connectivity index (χ4v) is 2.23. The molecule has 1 aliphatic rings. The summed E-state index contributed by atoms with van der Waals surface area (Å²) >= 11 is 0. The van der Waals surface area contributed by atoms with Crippen LogP contribution in [0.15, 0.2) is 0 Å². The van der Waals surface area contributed by atoms with Gasteiger partial charge in [-0.2, -0.15) is 0 Å². The van der Waals surface area contributed by atoms with E-state index in [0.29, 0.717) is 6.42 Å². The third-order valence-corrected chi connectivity index (χ3v) is 2.99. The molecule has 0 aliphatic heterocycles. The van der Waals surface area contributed by atoms with Crippen molar-refractivity contribution in [2.75, 3.05) is 13.2 Å². The highest BCUT2D eigenvalue weighted by atomic mass is 16.6. The van der Waals surface area contributed by atoms with E-state index in [1.165, 1.54) is 0 Å². The zero-order valence-electron chi connectivity index (χ0n) is 10.8. The van der Waals surface area contributed by atoms with Crippen LogP contribution in [-0.4, -0.2) is 41.2 Å². The average molecular weight is 245 g/mol. The van der Waals surface area contributed by atoms with Crippen LogP contribution in [0, 0.1) is 11.8 Å². The van der Waals surface area contributed by atoms with Crippen molar-refractivity contribution >= 4 is 6.09 Å². The molecular weight excluding hydrogens is 222 g/mol. The van der Waals surface area contributed by atoms with Crippen LogP contribution in [0.1, 0.15) is 33.6 Å². The Hall–Kier alpha value is -0.810. The molecule has 100 valence electrons. The molecule has 0 aromatic heterocycles. The van der Waals surface area contributed by atoms with Crippen molar-refractivity contribution < 1.29 is 19.7 Å². The summed E-state index contributed by atoms with van der Waals surface area (Å²) in [6.45, 7) is 5.55. The second kappa shape index (κ2) is 5.69. The Morgan fingerprint density at radius 3 is 2.41 bits per heavy atom. The van der Waals surface area contributed by atoms with Gasteiger partial charge in [-0.1, -0.05) is 0 Å². The number of aliphatic hydroxyl groups excluding tert-OH is 2. The van der Waals surface area contributed by atoms with Crippen LogP contribution >= 0.6 is 0 Å². The van der Waals surface area contributed by atoms with Crippen molar-refractivity contribution in [3.05, 3.63) is 0 Å². The Labute approximate surface area is 102 Å². The van der Waals surface area contributed by atoms with E-state index in [1.807, 2.05) is 0 Å². The molecule has 0 radical (unpaired) electrons. The molecular formula is C12H23NO4. The Bertz CT molecular complexity index is 262. The molecule has 1 rings (SSSR count). The highest BCUT2D eigenvalue weighted by molar-refractivity contribution is 5.68. The van der Waals surface area contributed by atoms with E-state index in [4.69, 9.17) is 9.84 Å². The van der Waals surface area contributed by atoms with Gasteiger partial charge in [0.15, 0.2) is 0 Å². The lowest BCUT2D eigenvalue weighted by Gasteiger charge is -2.23. The second-order valence-electron chi connectivity index (χ2n) is 5.72. The standard InChI is InChI=1S/C12H23NO4/c1-12(2,3)17-11(16)13-10-5-8(6-14)4-9(10)7-15/h8-10,14-15H,4-7H2,1-3H3,(H,13,16)/t8-,9+,10-/m1/s1. The summed E-state index contributed by atoms with van der Waals surface area (Å²) in [6, 6.07) is -0.105. The average Bonchev–Trinajstić information content (AvgIpc) is 2.57. The molecule has 1 saturated carbocycles. The highest BCUT2D eigenvalue weighted by Crippen LogP contribution is 2.30. The van der Waals surface area contributed by atoms with Crippen LogP contribution < -0.4 is 5.32 Å². The fraction of sp³-hybridized carbons (Fsp3) is 0.917. The number of ether oxygens (including phenoxy) is 1. The number of alkyl carbamates (subject to hydrolysis) is 1. The minimum absolute atomic E-state index is 0.0136. The number of carbonyl (C=O) groups excluding carboxylic acids is 1. The predicted octanol–water partition coefficient (Wildman–Crippen LogP) is 0.890. The quantitative estimate of drug-likeness (QED) is 0.690. The van der Waals surface area contributed by atoms with Crippen molar-refractivity contribution in [1.82, 2.24) is 5.32 Å². The molecule has 0 aromatic carbocycles. The van der Waals surface area contributed by atoms with Crippen LogP contribution in [0.3, 0.4) is 0 Å². The minimum Gasteiger partial charge on any atom is -0.444 e. The van der Waals surface area contributed by atoms with E-state index < -0.39 is 11.7 Å². The SMILES string of the molecule is CC(C)(C)OC(=O)N[C@@H]1C[C@H](CO)C[C@H]1CO. The van der Waals surface area contributed by atoms with Gasteiger partial charge in [0.1, 0.15) is 5.60 Å². The maximum atomic E-state index is 11.6. The normalized spacial score (nSPS) is 29.1. The summed E-state index contributed by atoms with van der Waals surface area (Å²) in [5.74, 6) is 0.173. The molecule has 0 saturated heterocycles. The first kappa shape index (κ1) is 14.3. The number of amides is 1. The first-order chi connectivity index (χ1) is 7.85. The Morgan fingerprint density at radius 1 is 1.29 bits per heavy atom. The number of aliphatic hydroxyl groups is 2. The van der Waals surface area contributed by atoms with Crippen LogP contribution in [0.2, 0.25) is 0 Å². The van der Waals surface area contributed by atoms with Gasteiger partial charge in [-0.25, -0.2) is 4.79 Å². The number of hydrogen-bond donors (Lipinski definition) is 3. The Kier molecular flexibility index (Phi) is 4.77. The van der Waals surface area contributed by atoms with Crippen molar-refractivity contribution in [2.24, 2.45) is 11.8 Å².